The maximum atomic E-state index is 11.5. The normalized spacial score (nSPS) is 16.8. The van der Waals surface area contributed by atoms with E-state index in [0.717, 1.165) is 43.5 Å². The molecule has 0 bridgehead atoms. The number of hydrogen-bond acceptors (Lipinski definition) is 4. The molecule has 9 heteroatoms. The van der Waals surface area contributed by atoms with Crippen LogP contribution in [0.5, 0.6) is 0 Å². The van der Waals surface area contributed by atoms with Crippen LogP contribution in [-0.2, 0) is 17.8 Å². The number of aryl methyl sites for hydroxylation is 2. The van der Waals surface area contributed by atoms with Crippen LogP contribution in [-0.4, -0.2) is 52.3 Å². The average molecular weight is 463 g/mol. The summed E-state index contributed by atoms with van der Waals surface area (Å²) in [5.74, 6) is 2.73. The molecule has 1 amide bonds. The van der Waals surface area contributed by atoms with Crippen LogP contribution in [0.2, 0.25) is 0 Å². The highest BCUT2D eigenvalue weighted by Crippen LogP contribution is 2.12. The van der Waals surface area contributed by atoms with E-state index in [1.54, 1.807) is 0 Å². The summed E-state index contributed by atoms with van der Waals surface area (Å²) in [6.45, 7) is 10.4. The highest BCUT2D eigenvalue weighted by Gasteiger charge is 2.21. The lowest BCUT2D eigenvalue weighted by Gasteiger charge is -2.25. The van der Waals surface area contributed by atoms with E-state index in [9.17, 15) is 4.79 Å². The summed E-state index contributed by atoms with van der Waals surface area (Å²) >= 11 is 0. The Morgan fingerprint density at radius 3 is 2.84 bits per heavy atom. The molecule has 0 fully saturated rings. The van der Waals surface area contributed by atoms with E-state index in [4.69, 9.17) is 0 Å². The Morgan fingerprint density at radius 1 is 1.40 bits per heavy atom. The van der Waals surface area contributed by atoms with Gasteiger partial charge in [0.2, 0.25) is 5.91 Å². The number of carbonyl (C=O) groups excluding carboxylic acids is 1. The average Bonchev–Trinajstić information content (AvgIpc) is 2.90. The van der Waals surface area contributed by atoms with E-state index in [1.807, 2.05) is 32.4 Å². The summed E-state index contributed by atoms with van der Waals surface area (Å²) in [4.78, 5) is 20.5. The quantitative estimate of drug-likeness (QED) is 0.252. The van der Waals surface area contributed by atoms with Gasteiger partial charge in [-0.05, 0) is 20.3 Å². The van der Waals surface area contributed by atoms with E-state index in [-0.39, 0.29) is 41.8 Å². The van der Waals surface area contributed by atoms with Crippen molar-refractivity contribution in [1.29, 1.82) is 0 Å². The van der Waals surface area contributed by atoms with Crippen LogP contribution < -0.4 is 16.0 Å². The van der Waals surface area contributed by atoms with E-state index in [1.165, 1.54) is 0 Å². The minimum atomic E-state index is 0. The highest BCUT2D eigenvalue weighted by atomic mass is 127. The smallest absolute Gasteiger partial charge is 0.222 e. The van der Waals surface area contributed by atoms with Gasteiger partial charge in [-0.1, -0.05) is 13.8 Å². The van der Waals surface area contributed by atoms with Gasteiger partial charge in [-0.25, -0.2) is 9.67 Å². The van der Waals surface area contributed by atoms with Crippen LogP contribution in [0, 0.1) is 12.8 Å². The monoisotopic (exact) mass is 463 g/mol. The van der Waals surface area contributed by atoms with Gasteiger partial charge in [0.1, 0.15) is 11.6 Å². The number of nitrogens with zero attached hydrogens (tertiary/aromatic N) is 4. The predicted molar refractivity (Wildman–Crippen MR) is 109 cm³/mol. The Hall–Kier alpha value is -1.39. The van der Waals surface area contributed by atoms with Crippen molar-refractivity contribution in [2.45, 2.75) is 53.1 Å². The molecule has 8 nitrogen and oxygen atoms in total. The van der Waals surface area contributed by atoms with Gasteiger partial charge in [0.15, 0.2) is 5.96 Å². The van der Waals surface area contributed by atoms with Gasteiger partial charge < -0.3 is 16.0 Å². The third-order valence-electron chi connectivity index (χ3n) is 3.85. The molecule has 0 radical (unpaired) electrons. The standard InChI is InChI=1S/C16H29N7O.HI/c1-5-17-16(19-9-8-18-15(24)11(2)3)21-13-6-7-14-20-12(4)22-23(14)10-13;/h11,13H,5-10H2,1-4H3,(H,18,24)(H2,17,19,21);1H. The first kappa shape index (κ1) is 21.7. The van der Waals surface area contributed by atoms with Crippen molar-refractivity contribution in [1.82, 2.24) is 30.7 Å². The second-order valence-corrected chi connectivity index (χ2v) is 6.34. The van der Waals surface area contributed by atoms with Gasteiger partial charge in [0, 0.05) is 31.5 Å². The summed E-state index contributed by atoms with van der Waals surface area (Å²) in [7, 11) is 0. The fourth-order valence-corrected chi connectivity index (χ4v) is 2.62. The number of hydrogen-bond donors (Lipinski definition) is 3. The second-order valence-electron chi connectivity index (χ2n) is 6.34. The maximum absolute atomic E-state index is 11.5. The van der Waals surface area contributed by atoms with E-state index < -0.39 is 0 Å². The third-order valence-corrected chi connectivity index (χ3v) is 3.85. The SMILES string of the molecule is CCNC(=NCCNC(=O)C(C)C)NC1CCc2nc(C)nn2C1.I. The van der Waals surface area contributed by atoms with Gasteiger partial charge >= 0.3 is 0 Å². The highest BCUT2D eigenvalue weighted by molar-refractivity contribution is 14.0. The molecule has 25 heavy (non-hydrogen) atoms. The van der Waals surface area contributed by atoms with Crippen molar-refractivity contribution in [2.75, 3.05) is 19.6 Å². The van der Waals surface area contributed by atoms with Crippen molar-refractivity contribution in [3.8, 4) is 0 Å². The Kier molecular flexibility index (Phi) is 9.15. The number of aliphatic imine (C=N–C) groups is 1. The van der Waals surface area contributed by atoms with Gasteiger partial charge in [-0.2, -0.15) is 5.10 Å². The lowest BCUT2D eigenvalue weighted by atomic mass is 10.1. The molecule has 1 atom stereocenters. The zero-order chi connectivity index (χ0) is 17.5. The first-order valence-corrected chi connectivity index (χ1v) is 8.72. The van der Waals surface area contributed by atoms with Crippen LogP contribution >= 0.6 is 24.0 Å². The first-order valence-electron chi connectivity index (χ1n) is 8.72. The van der Waals surface area contributed by atoms with E-state index >= 15 is 0 Å². The fourth-order valence-electron chi connectivity index (χ4n) is 2.62. The number of amides is 1. The van der Waals surface area contributed by atoms with Crippen LogP contribution in [0.3, 0.4) is 0 Å². The summed E-state index contributed by atoms with van der Waals surface area (Å²) < 4.78 is 1.98. The zero-order valence-corrected chi connectivity index (χ0v) is 17.8. The Bertz CT molecular complexity index is 585. The molecule has 0 saturated carbocycles. The molecule has 3 N–H and O–H groups in total. The molecule has 0 spiro atoms. The number of rotatable bonds is 6. The molecule has 1 aliphatic heterocycles. The molecule has 2 heterocycles. The largest absolute Gasteiger partial charge is 0.357 e. The van der Waals surface area contributed by atoms with Crippen molar-refractivity contribution in [2.24, 2.45) is 10.9 Å². The Labute approximate surface area is 166 Å². The molecule has 0 aliphatic carbocycles. The lowest BCUT2D eigenvalue weighted by Crippen LogP contribution is -2.47. The fraction of sp³-hybridized carbons (Fsp3) is 0.750. The van der Waals surface area contributed by atoms with E-state index in [2.05, 4.69) is 31.0 Å². The molecule has 0 saturated heterocycles. The molecule has 0 aromatic carbocycles. The third kappa shape index (κ3) is 6.79. The molecular formula is C16H30IN7O. The lowest BCUT2D eigenvalue weighted by molar-refractivity contribution is -0.123. The predicted octanol–water partition coefficient (Wildman–Crippen LogP) is 0.847. The second kappa shape index (κ2) is 10.6. The van der Waals surface area contributed by atoms with Gasteiger partial charge in [-0.3, -0.25) is 9.79 Å². The molecule has 1 aliphatic rings. The van der Waals surface area contributed by atoms with E-state index in [0.29, 0.717) is 13.1 Å². The summed E-state index contributed by atoms with van der Waals surface area (Å²) in [5, 5.41) is 14.0. The van der Waals surface area contributed by atoms with Crippen molar-refractivity contribution >= 4 is 35.8 Å². The summed E-state index contributed by atoms with van der Waals surface area (Å²) in [5.41, 5.74) is 0. The molecule has 1 aromatic heterocycles. The molecule has 1 unspecified atom stereocenters. The van der Waals surface area contributed by atoms with Crippen molar-refractivity contribution in [3.05, 3.63) is 11.6 Å². The summed E-state index contributed by atoms with van der Waals surface area (Å²) in [6.07, 6.45) is 1.93. The van der Waals surface area contributed by atoms with Crippen LogP contribution in [0.15, 0.2) is 4.99 Å². The van der Waals surface area contributed by atoms with Crippen LogP contribution in [0.1, 0.15) is 38.8 Å². The maximum Gasteiger partial charge on any atom is 0.222 e. The number of halogens is 1. The minimum absolute atomic E-state index is 0. The number of carbonyl (C=O) groups is 1. The number of aromatic nitrogens is 3. The Balaban J connectivity index is 0.00000312. The number of fused-ring (bicyclic) bond motifs is 1. The zero-order valence-electron chi connectivity index (χ0n) is 15.5. The molecule has 142 valence electrons. The van der Waals surface area contributed by atoms with Crippen molar-refractivity contribution < 1.29 is 4.79 Å². The minimum Gasteiger partial charge on any atom is -0.357 e. The number of nitrogens with one attached hydrogen (secondary N) is 3. The molecular weight excluding hydrogens is 433 g/mol. The van der Waals surface area contributed by atoms with Crippen LogP contribution in [0.4, 0.5) is 0 Å². The number of guanidine groups is 1. The van der Waals surface area contributed by atoms with Crippen LogP contribution in [0.25, 0.3) is 0 Å². The first-order chi connectivity index (χ1) is 11.5. The topological polar surface area (TPSA) is 96.2 Å². The Morgan fingerprint density at radius 2 is 2.16 bits per heavy atom. The molecule has 2 rings (SSSR count). The van der Waals surface area contributed by atoms with Gasteiger partial charge in [0.25, 0.3) is 0 Å². The van der Waals surface area contributed by atoms with Gasteiger partial charge in [-0.15, -0.1) is 24.0 Å². The summed E-state index contributed by atoms with van der Waals surface area (Å²) in [6, 6.07) is 0.279. The molecule has 1 aromatic rings. The van der Waals surface area contributed by atoms with Gasteiger partial charge in [0.05, 0.1) is 13.1 Å². The van der Waals surface area contributed by atoms with Crippen molar-refractivity contribution in [3.63, 3.8) is 0 Å².